The summed E-state index contributed by atoms with van der Waals surface area (Å²) in [6, 6.07) is 3.89. The third kappa shape index (κ3) is 7.78. The van der Waals surface area contributed by atoms with Crippen LogP contribution in [0, 0.1) is 22.7 Å². The van der Waals surface area contributed by atoms with Crippen molar-refractivity contribution in [1.29, 1.82) is 10.5 Å². The molecule has 5 nitrogen and oxygen atoms in total. The summed E-state index contributed by atoms with van der Waals surface area (Å²) in [6.45, 7) is 6.07. The third-order valence-corrected chi connectivity index (χ3v) is 1.64. The van der Waals surface area contributed by atoms with Gasteiger partial charge >= 0.3 is 5.97 Å². The Balaban J connectivity index is 3.98. The molecule has 0 saturated heterocycles. The molecular weight excluding hydrogens is 206 g/mol. The Morgan fingerprint density at radius 2 is 1.75 bits per heavy atom. The standard InChI is InChI=1S/C11H17N3O2/c1-11(2,3)16-10(15)4-7-14(8-5-12)9-6-13/h4,7-9H2,1-3H3. The molecule has 0 aliphatic carbocycles. The Bertz CT molecular complexity index is 291. The van der Waals surface area contributed by atoms with Crippen molar-refractivity contribution >= 4 is 5.97 Å². The molecule has 16 heavy (non-hydrogen) atoms. The van der Waals surface area contributed by atoms with Gasteiger partial charge in [-0.25, -0.2) is 0 Å². The van der Waals surface area contributed by atoms with Crippen LogP contribution in [0.3, 0.4) is 0 Å². The molecular formula is C11H17N3O2. The molecule has 0 bridgehead atoms. The van der Waals surface area contributed by atoms with Crippen molar-refractivity contribution in [3.63, 3.8) is 0 Å². The van der Waals surface area contributed by atoms with Gasteiger partial charge in [-0.1, -0.05) is 0 Å². The van der Waals surface area contributed by atoms with Gasteiger partial charge in [0.25, 0.3) is 0 Å². The molecule has 0 N–H and O–H groups in total. The molecule has 0 aromatic carbocycles. The number of nitrogens with zero attached hydrogens (tertiary/aromatic N) is 3. The molecule has 0 saturated carbocycles. The molecule has 0 amide bonds. The SMILES string of the molecule is CC(C)(C)OC(=O)CCN(CC#N)CC#N. The van der Waals surface area contributed by atoms with Gasteiger partial charge in [0.15, 0.2) is 0 Å². The van der Waals surface area contributed by atoms with Crippen LogP contribution < -0.4 is 0 Å². The molecule has 0 aliphatic rings. The van der Waals surface area contributed by atoms with Gasteiger partial charge in [-0.05, 0) is 20.8 Å². The second-order valence-corrected chi connectivity index (χ2v) is 4.36. The van der Waals surface area contributed by atoms with Gasteiger partial charge in [0, 0.05) is 6.54 Å². The predicted molar refractivity (Wildman–Crippen MR) is 58.1 cm³/mol. The number of hydrogen-bond donors (Lipinski definition) is 0. The van der Waals surface area contributed by atoms with Crippen molar-refractivity contribution in [3.05, 3.63) is 0 Å². The first-order valence-corrected chi connectivity index (χ1v) is 5.07. The van der Waals surface area contributed by atoms with Gasteiger partial charge < -0.3 is 4.74 Å². The van der Waals surface area contributed by atoms with Gasteiger partial charge in [-0.2, -0.15) is 10.5 Å². The van der Waals surface area contributed by atoms with E-state index in [1.807, 2.05) is 12.1 Å². The number of esters is 1. The molecule has 0 spiro atoms. The highest BCUT2D eigenvalue weighted by Gasteiger charge is 2.16. The zero-order valence-corrected chi connectivity index (χ0v) is 9.99. The summed E-state index contributed by atoms with van der Waals surface area (Å²) in [5.74, 6) is -0.312. The number of nitriles is 2. The van der Waals surface area contributed by atoms with Crippen LogP contribution in [-0.4, -0.2) is 36.1 Å². The number of rotatable bonds is 5. The van der Waals surface area contributed by atoms with E-state index in [0.29, 0.717) is 6.54 Å². The smallest absolute Gasteiger partial charge is 0.307 e. The quantitative estimate of drug-likeness (QED) is 0.514. The fourth-order valence-electron chi connectivity index (χ4n) is 1.06. The van der Waals surface area contributed by atoms with Crippen LogP contribution in [0.15, 0.2) is 0 Å². The van der Waals surface area contributed by atoms with Crippen molar-refractivity contribution in [3.8, 4) is 12.1 Å². The largest absolute Gasteiger partial charge is 0.460 e. The average Bonchev–Trinajstić information content (AvgIpc) is 2.12. The first-order chi connectivity index (χ1) is 7.39. The lowest BCUT2D eigenvalue weighted by Crippen LogP contribution is -2.30. The Kier molecular flexibility index (Phi) is 6.14. The first-order valence-electron chi connectivity index (χ1n) is 5.07. The van der Waals surface area contributed by atoms with Gasteiger partial charge in [0.2, 0.25) is 0 Å². The van der Waals surface area contributed by atoms with Crippen molar-refractivity contribution in [2.75, 3.05) is 19.6 Å². The maximum Gasteiger partial charge on any atom is 0.307 e. The molecule has 0 rings (SSSR count). The van der Waals surface area contributed by atoms with Crippen LogP contribution in [0.4, 0.5) is 0 Å². The van der Waals surface area contributed by atoms with Crippen molar-refractivity contribution in [2.45, 2.75) is 32.8 Å². The van der Waals surface area contributed by atoms with Crippen LogP contribution in [0.2, 0.25) is 0 Å². The highest BCUT2D eigenvalue weighted by molar-refractivity contribution is 5.70. The third-order valence-electron chi connectivity index (χ3n) is 1.64. The summed E-state index contributed by atoms with van der Waals surface area (Å²) >= 11 is 0. The van der Waals surface area contributed by atoms with E-state index in [-0.39, 0.29) is 25.5 Å². The van der Waals surface area contributed by atoms with Crippen molar-refractivity contribution in [2.24, 2.45) is 0 Å². The van der Waals surface area contributed by atoms with Gasteiger partial charge in [0.05, 0.1) is 31.6 Å². The van der Waals surface area contributed by atoms with E-state index in [4.69, 9.17) is 15.3 Å². The Morgan fingerprint density at radius 1 is 1.25 bits per heavy atom. The molecule has 88 valence electrons. The molecule has 0 aliphatic heterocycles. The molecule has 0 fully saturated rings. The summed E-state index contributed by atoms with van der Waals surface area (Å²) < 4.78 is 5.11. The lowest BCUT2D eigenvalue weighted by molar-refractivity contribution is -0.155. The molecule has 0 radical (unpaired) electrons. The van der Waals surface area contributed by atoms with E-state index in [9.17, 15) is 4.79 Å². The van der Waals surface area contributed by atoms with Crippen molar-refractivity contribution in [1.82, 2.24) is 4.90 Å². The normalized spacial score (nSPS) is 10.6. The Labute approximate surface area is 96.2 Å². The van der Waals surface area contributed by atoms with Crippen LogP contribution >= 0.6 is 0 Å². The minimum absolute atomic E-state index is 0.149. The van der Waals surface area contributed by atoms with Crippen LogP contribution in [0.25, 0.3) is 0 Å². The minimum atomic E-state index is -0.494. The van der Waals surface area contributed by atoms with Gasteiger partial charge in [-0.15, -0.1) is 0 Å². The summed E-state index contributed by atoms with van der Waals surface area (Å²) in [4.78, 5) is 13.0. The van der Waals surface area contributed by atoms with Gasteiger partial charge in [0.1, 0.15) is 5.60 Å². The van der Waals surface area contributed by atoms with E-state index < -0.39 is 5.60 Å². The first kappa shape index (κ1) is 14.4. The predicted octanol–water partition coefficient (Wildman–Crippen LogP) is 1.07. The number of hydrogen-bond acceptors (Lipinski definition) is 5. The monoisotopic (exact) mass is 223 g/mol. The minimum Gasteiger partial charge on any atom is -0.460 e. The summed E-state index contributed by atoms with van der Waals surface area (Å²) in [6.07, 6.45) is 0.195. The topological polar surface area (TPSA) is 77.1 Å². The number of ether oxygens (including phenoxy) is 1. The highest BCUT2D eigenvalue weighted by atomic mass is 16.6. The van der Waals surface area contributed by atoms with Crippen LogP contribution in [0.1, 0.15) is 27.2 Å². The van der Waals surface area contributed by atoms with Crippen molar-refractivity contribution < 1.29 is 9.53 Å². The number of carbonyl (C=O) groups excluding carboxylic acids is 1. The second-order valence-electron chi connectivity index (χ2n) is 4.36. The number of carbonyl (C=O) groups is 1. The molecule has 0 aromatic heterocycles. The summed E-state index contributed by atoms with van der Waals surface area (Å²) in [5, 5.41) is 17.0. The molecule has 0 aromatic rings. The fraction of sp³-hybridized carbons (Fsp3) is 0.727. The van der Waals surface area contributed by atoms with Gasteiger partial charge in [-0.3, -0.25) is 9.69 Å². The lowest BCUT2D eigenvalue weighted by atomic mass is 10.2. The Morgan fingerprint density at radius 3 is 2.12 bits per heavy atom. The fourth-order valence-corrected chi connectivity index (χ4v) is 1.06. The maximum atomic E-state index is 11.4. The van der Waals surface area contributed by atoms with E-state index in [1.54, 1.807) is 25.7 Å². The average molecular weight is 223 g/mol. The van der Waals surface area contributed by atoms with E-state index >= 15 is 0 Å². The Hall–Kier alpha value is -1.59. The van der Waals surface area contributed by atoms with E-state index in [0.717, 1.165) is 0 Å². The zero-order chi connectivity index (χ0) is 12.6. The van der Waals surface area contributed by atoms with Crippen LogP contribution in [0.5, 0.6) is 0 Å². The highest BCUT2D eigenvalue weighted by Crippen LogP contribution is 2.08. The lowest BCUT2D eigenvalue weighted by Gasteiger charge is -2.21. The van der Waals surface area contributed by atoms with Crippen LogP contribution in [-0.2, 0) is 9.53 Å². The molecule has 5 heteroatoms. The summed E-state index contributed by atoms with van der Waals surface area (Å²) in [5.41, 5.74) is -0.494. The molecule has 0 heterocycles. The molecule has 0 unspecified atom stereocenters. The maximum absolute atomic E-state index is 11.4. The van der Waals surface area contributed by atoms with E-state index in [1.165, 1.54) is 0 Å². The zero-order valence-electron chi connectivity index (χ0n) is 9.99. The second kappa shape index (κ2) is 6.81. The molecule has 0 atom stereocenters. The van der Waals surface area contributed by atoms with E-state index in [2.05, 4.69) is 0 Å². The summed E-state index contributed by atoms with van der Waals surface area (Å²) in [7, 11) is 0.